The topological polar surface area (TPSA) is 26.3 Å². The summed E-state index contributed by atoms with van der Waals surface area (Å²) in [7, 11) is 0. The van der Waals surface area contributed by atoms with Gasteiger partial charge in [-0.15, -0.1) is 0 Å². The van der Waals surface area contributed by atoms with Crippen molar-refractivity contribution in [3.63, 3.8) is 0 Å². The van der Waals surface area contributed by atoms with E-state index in [0.717, 1.165) is 12.3 Å². The molecule has 2 heteroatoms. The van der Waals surface area contributed by atoms with Crippen molar-refractivity contribution in [3.05, 3.63) is 0 Å². The maximum absolute atomic E-state index is 12.1. The van der Waals surface area contributed by atoms with Gasteiger partial charge in [-0.1, -0.05) is 48.5 Å². The van der Waals surface area contributed by atoms with Gasteiger partial charge < -0.3 is 4.74 Å². The van der Waals surface area contributed by atoms with Gasteiger partial charge in [0.25, 0.3) is 0 Å². The summed E-state index contributed by atoms with van der Waals surface area (Å²) in [5.74, 6) is 1.69. The molecular formula is C17H32O2. The summed E-state index contributed by atoms with van der Waals surface area (Å²) in [5, 5.41) is 0. The van der Waals surface area contributed by atoms with Crippen LogP contribution in [0.25, 0.3) is 0 Å². The van der Waals surface area contributed by atoms with E-state index in [9.17, 15) is 4.79 Å². The first kappa shape index (κ1) is 16.5. The van der Waals surface area contributed by atoms with Gasteiger partial charge in [-0.2, -0.15) is 0 Å². The molecule has 0 heterocycles. The highest BCUT2D eigenvalue weighted by atomic mass is 16.5. The van der Waals surface area contributed by atoms with Crippen LogP contribution in [0.4, 0.5) is 0 Å². The molecule has 0 bridgehead atoms. The van der Waals surface area contributed by atoms with Crippen molar-refractivity contribution >= 4 is 5.97 Å². The smallest absolute Gasteiger partial charge is 0.308 e. The van der Waals surface area contributed by atoms with Gasteiger partial charge in [0.15, 0.2) is 0 Å². The van der Waals surface area contributed by atoms with Crippen molar-refractivity contribution in [2.75, 3.05) is 0 Å². The standard InChI is InChI=1S/C17H32O2/c1-8-12(3)16(18)19-15-13(4)9-11(2)10-14(15)17(5,6)7/h11-15H,8-10H2,1-7H3. The summed E-state index contributed by atoms with van der Waals surface area (Å²) in [6.45, 7) is 15.4. The Morgan fingerprint density at radius 1 is 1.26 bits per heavy atom. The Morgan fingerprint density at radius 3 is 2.32 bits per heavy atom. The lowest BCUT2D eigenvalue weighted by atomic mass is 9.64. The van der Waals surface area contributed by atoms with E-state index in [1.807, 2.05) is 13.8 Å². The van der Waals surface area contributed by atoms with Gasteiger partial charge in [-0.25, -0.2) is 0 Å². The molecule has 0 aromatic carbocycles. The highest BCUT2D eigenvalue weighted by molar-refractivity contribution is 5.72. The summed E-state index contributed by atoms with van der Waals surface area (Å²) < 4.78 is 5.90. The first-order valence-corrected chi connectivity index (χ1v) is 7.87. The molecule has 19 heavy (non-hydrogen) atoms. The van der Waals surface area contributed by atoms with Crippen LogP contribution in [0.3, 0.4) is 0 Å². The molecule has 0 aromatic rings. The zero-order valence-corrected chi connectivity index (χ0v) is 13.8. The van der Waals surface area contributed by atoms with E-state index >= 15 is 0 Å². The molecule has 1 saturated carbocycles. The molecule has 2 nitrogen and oxygen atoms in total. The second kappa shape index (κ2) is 6.28. The molecule has 112 valence electrons. The number of esters is 1. The van der Waals surface area contributed by atoms with Gasteiger partial charge in [0.05, 0.1) is 5.92 Å². The minimum atomic E-state index is -0.0110. The second-order valence-electron chi connectivity index (χ2n) is 7.74. The molecule has 1 rings (SSSR count). The fourth-order valence-electron chi connectivity index (χ4n) is 3.29. The second-order valence-corrected chi connectivity index (χ2v) is 7.74. The number of hydrogen-bond donors (Lipinski definition) is 0. The molecule has 0 spiro atoms. The van der Waals surface area contributed by atoms with Crippen LogP contribution in [-0.4, -0.2) is 12.1 Å². The van der Waals surface area contributed by atoms with Crippen LogP contribution in [0, 0.1) is 29.1 Å². The van der Waals surface area contributed by atoms with E-state index in [1.165, 1.54) is 12.8 Å². The first-order valence-electron chi connectivity index (χ1n) is 7.87. The van der Waals surface area contributed by atoms with Gasteiger partial charge in [-0.05, 0) is 36.5 Å². The van der Waals surface area contributed by atoms with E-state index in [4.69, 9.17) is 4.74 Å². The van der Waals surface area contributed by atoms with Crippen molar-refractivity contribution in [2.24, 2.45) is 29.1 Å². The Balaban J connectivity index is 2.83. The molecule has 1 fully saturated rings. The molecule has 1 aliphatic rings. The highest BCUT2D eigenvalue weighted by Crippen LogP contribution is 2.44. The number of carbonyl (C=O) groups is 1. The zero-order valence-electron chi connectivity index (χ0n) is 13.8. The third-order valence-electron chi connectivity index (χ3n) is 4.77. The van der Waals surface area contributed by atoms with Crippen LogP contribution >= 0.6 is 0 Å². The Bertz CT molecular complexity index is 303. The average molecular weight is 268 g/mol. The van der Waals surface area contributed by atoms with Gasteiger partial charge in [0.2, 0.25) is 0 Å². The number of carbonyl (C=O) groups excluding carboxylic acids is 1. The Labute approximate surface area is 119 Å². The highest BCUT2D eigenvalue weighted by Gasteiger charge is 2.42. The van der Waals surface area contributed by atoms with E-state index in [1.54, 1.807) is 0 Å². The molecule has 0 N–H and O–H groups in total. The maximum atomic E-state index is 12.1. The largest absolute Gasteiger partial charge is 0.462 e. The van der Waals surface area contributed by atoms with Crippen molar-refractivity contribution < 1.29 is 9.53 Å². The lowest BCUT2D eigenvalue weighted by molar-refractivity contribution is -0.167. The average Bonchev–Trinajstić information content (AvgIpc) is 2.29. The van der Waals surface area contributed by atoms with Crippen LogP contribution < -0.4 is 0 Å². The number of rotatable bonds is 3. The number of hydrogen-bond acceptors (Lipinski definition) is 2. The fraction of sp³-hybridized carbons (Fsp3) is 0.941. The molecule has 0 radical (unpaired) electrons. The third-order valence-corrected chi connectivity index (χ3v) is 4.77. The van der Waals surface area contributed by atoms with E-state index < -0.39 is 0 Å². The molecule has 5 unspecified atom stereocenters. The van der Waals surface area contributed by atoms with Gasteiger partial charge in [0, 0.05) is 5.92 Å². The summed E-state index contributed by atoms with van der Waals surface area (Å²) in [6, 6.07) is 0. The summed E-state index contributed by atoms with van der Waals surface area (Å²) in [4.78, 5) is 12.1. The molecular weight excluding hydrogens is 236 g/mol. The summed E-state index contributed by atoms with van der Waals surface area (Å²) >= 11 is 0. The molecule has 1 aliphatic carbocycles. The van der Waals surface area contributed by atoms with Crippen molar-refractivity contribution in [3.8, 4) is 0 Å². The van der Waals surface area contributed by atoms with Crippen LogP contribution in [-0.2, 0) is 9.53 Å². The lowest BCUT2D eigenvalue weighted by Crippen LogP contribution is -2.45. The van der Waals surface area contributed by atoms with Gasteiger partial charge in [0.1, 0.15) is 6.10 Å². The van der Waals surface area contributed by atoms with Crippen LogP contribution in [0.1, 0.15) is 67.7 Å². The Kier molecular flexibility index (Phi) is 5.46. The first-order chi connectivity index (χ1) is 8.66. The SMILES string of the molecule is CCC(C)C(=O)OC1C(C)CC(C)CC1C(C)(C)C. The summed E-state index contributed by atoms with van der Waals surface area (Å²) in [5.41, 5.74) is 0.198. The van der Waals surface area contributed by atoms with Crippen molar-refractivity contribution in [2.45, 2.75) is 73.8 Å². The number of ether oxygens (including phenoxy) is 1. The minimum absolute atomic E-state index is 0.0110. The molecule has 5 atom stereocenters. The quantitative estimate of drug-likeness (QED) is 0.695. The van der Waals surface area contributed by atoms with Crippen LogP contribution in [0.5, 0.6) is 0 Å². The monoisotopic (exact) mass is 268 g/mol. The fourth-order valence-corrected chi connectivity index (χ4v) is 3.29. The predicted octanol–water partition coefficient (Wildman–Crippen LogP) is 4.67. The molecule has 0 aliphatic heterocycles. The summed E-state index contributed by atoms with van der Waals surface area (Å²) in [6.07, 6.45) is 3.30. The Hall–Kier alpha value is -0.530. The maximum Gasteiger partial charge on any atom is 0.308 e. The van der Waals surface area contributed by atoms with E-state index in [2.05, 4.69) is 34.6 Å². The minimum Gasteiger partial charge on any atom is -0.462 e. The van der Waals surface area contributed by atoms with E-state index in [0.29, 0.717) is 11.8 Å². The molecule has 0 aromatic heterocycles. The van der Waals surface area contributed by atoms with Crippen LogP contribution in [0.2, 0.25) is 0 Å². The molecule has 0 saturated heterocycles. The van der Waals surface area contributed by atoms with E-state index in [-0.39, 0.29) is 23.4 Å². The predicted molar refractivity (Wildman–Crippen MR) is 79.8 cm³/mol. The van der Waals surface area contributed by atoms with Crippen molar-refractivity contribution in [1.29, 1.82) is 0 Å². The third kappa shape index (κ3) is 4.22. The normalized spacial score (nSPS) is 33.8. The lowest BCUT2D eigenvalue weighted by Gasteiger charge is -2.45. The van der Waals surface area contributed by atoms with Gasteiger partial charge >= 0.3 is 5.97 Å². The van der Waals surface area contributed by atoms with Crippen molar-refractivity contribution in [1.82, 2.24) is 0 Å². The van der Waals surface area contributed by atoms with Crippen LogP contribution in [0.15, 0.2) is 0 Å². The zero-order chi connectivity index (χ0) is 14.8. The molecule has 0 amide bonds. The van der Waals surface area contributed by atoms with Gasteiger partial charge in [-0.3, -0.25) is 4.79 Å². The Morgan fingerprint density at radius 2 is 1.84 bits per heavy atom.